The molecule has 3 fully saturated rings. The molecule has 3 atom stereocenters. The van der Waals surface area contributed by atoms with Crippen molar-refractivity contribution in [2.24, 2.45) is 16.7 Å². The Kier molecular flexibility index (Phi) is 8.40. The molecule has 4 rings (SSSR count). The predicted molar refractivity (Wildman–Crippen MR) is 146 cm³/mol. The molecule has 3 aliphatic rings. The summed E-state index contributed by atoms with van der Waals surface area (Å²) >= 11 is 6.16. The molecule has 9 heteroatoms. The summed E-state index contributed by atoms with van der Waals surface area (Å²) in [7, 11) is 1.31. The largest absolute Gasteiger partial charge is 0.467 e. The van der Waals surface area contributed by atoms with Gasteiger partial charge in [0.05, 0.1) is 7.11 Å². The lowest BCUT2D eigenvalue weighted by atomic mass is 9.84. The number of hydrogen-bond acceptors (Lipinski definition) is 5. The van der Waals surface area contributed by atoms with Crippen molar-refractivity contribution in [1.29, 1.82) is 0 Å². The number of benzene rings is 1. The number of anilines is 1. The maximum atomic E-state index is 14.1. The second kappa shape index (κ2) is 11.2. The van der Waals surface area contributed by atoms with Crippen molar-refractivity contribution >= 4 is 41.0 Å². The lowest BCUT2D eigenvalue weighted by Crippen LogP contribution is -2.57. The number of carbonyl (C=O) groups is 4. The fourth-order valence-corrected chi connectivity index (χ4v) is 6.52. The first kappa shape index (κ1) is 28.4. The molecule has 0 bridgehead atoms. The number of nitrogens with zero attached hydrogens (tertiary/aromatic N) is 2. The first-order valence-corrected chi connectivity index (χ1v) is 14.0. The van der Waals surface area contributed by atoms with Crippen molar-refractivity contribution in [2.75, 3.05) is 25.1 Å². The quantitative estimate of drug-likeness (QED) is 0.536. The minimum absolute atomic E-state index is 0.0710. The van der Waals surface area contributed by atoms with E-state index in [1.54, 1.807) is 23.1 Å². The molecule has 0 radical (unpaired) electrons. The van der Waals surface area contributed by atoms with Crippen molar-refractivity contribution < 1.29 is 23.9 Å². The SMILES string of the molecule is COC(=O)[C@@H]1C[C@]2(CC(=O)N(c3cccc(Cl)c3)C2)CN1C(=O)[C@@H](NC(=O)CC1CCCCC1)C(C)(C)C. The van der Waals surface area contributed by atoms with Crippen LogP contribution in [0.3, 0.4) is 0 Å². The number of methoxy groups -OCH3 is 1. The van der Waals surface area contributed by atoms with E-state index in [4.69, 9.17) is 16.3 Å². The van der Waals surface area contributed by atoms with Gasteiger partial charge in [-0.1, -0.05) is 57.7 Å². The molecule has 1 spiro atoms. The number of nitrogens with one attached hydrogen (secondary N) is 1. The van der Waals surface area contributed by atoms with E-state index in [-0.39, 0.29) is 30.7 Å². The van der Waals surface area contributed by atoms with Gasteiger partial charge in [0.1, 0.15) is 12.1 Å². The summed E-state index contributed by atoms with van der Waals surface area (Å²) in [5.74, 6) is -0.671. The number of rotatable bonds is 6. The van der Waals surface area contributed by atoms with E-state index in [2.05, 4.69) is 5.32 Å². The van der Waals surface area contributed by atoms with Gasteiger partial charge in [0.15, 0.2) is 0 Å². The van der Waals surface area contributed by atoms with E-state index in [0.717, 1.165) is 25.7 Å². The normalized spacial score (nSPS) is 25.1. The first-order valence-electron chi connectivity index (χ1n) is 13.7. The van der Waals surface area contributed by atoms with Gasteiger partial charge in [-0.2, -0.15) is 0 Å². The Morgan fingerprint density at radius 3 is 2.50 bits per heavy atom. The molecule has 1 N–H and O–H groups in total. The van der Waals surface area contributed by atoms with E-state index in [0.29, 0.717) is 36.0 Å². The Balaban J connectivity index is 1.55. The van der Waals surface area contributed by atoms with Gasteiger partial charge in [-0.15, -0.1) is 0 Å². The number of likely N-dealkylation sites (tertiary alicyclic amines) is 1. The summed E-state index contributed by atoms with van der Waals surface area (Å²) in [5.41, 5.74) is -0.474. The van der Waals surface area contributed by atoms with Crippen LogP contribution in [-0.2, 0) is 23.9 Å². The van der Waals surface area contributed by atoms with Crippen LogP contribution in [0.4, 0.5) is 5.69 Å². The summed E-state index contributed by atoms with van der Waals surface area (Å²) in [6.07, 6.45) is 6.52. The smallest absolute Gasteiger partial charge is 0.328 e. The zero-order valence-corrected chi connectivity index (χ0v) is 23.7. The number of ether oxygens (including phenoxy) is 1. The van der Waals surface area contributed by atoms with Crippen LogP contribution >= 0.6 is 11.6 Å². The topological polar surface area (TPSA) is 96.0 Å². The third-order valence-electron chi connectivity index (χ3n) is 8.32. The monoisotopic (exact) mass is 545 g/mol. The average molecular weight is 546 g/mol. The Morgan fingerprint density at radius 1 is 1.16 bits per heavy atom. The highest BCUT2D eigenvalue weighted by atomic mass is 35.5. The van der Waals surface area contributed by atoms with Gasteiger partial charge in [0, 0.05) is 42.1 Å². The van der Waals surface area contributed by atoms with Crippen LogP contribution < -0.4 is 10.2 Å². The maximum Gasteiger partial charge on any atom is 0.328 e. The molecule has 1 aromatic rings. The van der Waals surface area contributed by atoms with Crippen molar-refractivity contribution in [3.63, 3.8) is 0 Å². The molecule has 38 heavy (non-hydrogen) atoms. The van der Waals surface area contributed by atoms with Gasteiger partial charge >= 0.3 is 5.97 Å². The molecule has 1 saturated carbocycles. The zero-order chi connectivity index (χ0) is 27.7. The molecular weight excluding hydrogens is 506 g/mol. The van der Waals surface area contributed by atoms with Gasteiger partial charge in [0.2, 0.25) is 17.7 Å². The third kappa shape index (κ3) is 6.16. The standard InChI is InChI=1S/C29H40ClN3O5/c1-28(2,3)25(31-23(34)13-19-9-6-5-7-10-19)26(36)33-18-29(15-22(33)27(37)38-4)16-24(35)32(17-29)21-12-8-11-20(30)14-21/h8,11-12,14,19,22,25H,5-7,9-10,13,15-18H2,1-4H3,(H,31,34)/t22-,25+,29+/m0/s1. The third-order valence-corrected chi connectivity index (χ3v) is 8.56. The second-order valence-corrected chi connectivity index (χ2v) is 12.9. The molecule has 3 amide bonds. The van der Waals surface area contributed by atoms with Gasteiger partial charge in [-0.3, -0.25) is 14.4 Å². The molecule has 8 nitrogen and oxygen atoms in total. The predicted octanol–water partition coefficient (Wildman–Crippen LogP) is 4.34. The highest BCUT2D eigenvalue weighted by Crippen LogP contribution is 2.45. The Hall–Kier alpha value is -2.61. The summed E-state index contributed by atoms with van der Waals surface area (Å²) in [6.45, 7) is 6.34. The Morgan fingerprint density at radius 2 is 1.87 bits per heavy atom. The number of amides is 3. The van der Waals surface area contributed by atoms with Crippen molar-refractivity contribution in [2.45, 2.75) is 84.2 Å². The number of hydrogen-bond donors (Lipinski definition) is 1. The summed E-state index contributed by atoms with van der Waals surface area (Å²) in [6, 6.07) is 5.49. The fourth-order valence-electron chi connectivity index (χ4n) is 6.34. The van der Waals surface area contributed by atoms with Gasteiger partial charge < -0.3 is 19.9 Å². The lowest BCUT2D eigenvalue weighted by Gasteiger charge is -2.36. The van der Waals surface area contributed by atoms with Crippen LogP contribution in [0.5, 0.6) is 0 Å². The second-order valence-electron chi connectivity index (χ2n) is 12.4. The average Bonchev–Trinajstić information content (AvgIpc) is 3.40. The molecule has 1 aromatic carbocycles. The van der Waals surface area contributed by atoms with Crippen molar-refractivity contribution in [3.05, 3.63) is 29.3 Å². The lowest BCUT2D eigenvalue weighted by molar-refractivity contribution is -0.153. The van der Waals surface area contributed by atoms with E-state index in [9.17, 15) is 19.2 Å². The molecule has 1 aliphatic carbocycles. The Labute approximate surface area is 230 Å². The van der Waals surface area contributed by atoms with E-state index < -0.39 is 28.9 Å². The first-order chi connectivity index (χ1) is 17.9. The van der Waals surface area contributed by atoms with Crippen LogP contribution in [0.15, 0.2) is 24.3 Å². The van der Waals surface area contributed by atoms with Gasteiger partial charge in [-0.25, -0.2) is 4.79 Å². The summed E-state index contributed by atoms with van der Waals surface area (Å²) in [5, 5.41) is 3.54. The van der Waals surface area contributed by atoms with Crippen LogP contribution in [0.25, 0.3) is 0 Å². The van der Waals surface area contributed by atoms with Gasteiger partial charge in [-0.05, 0) is 48.8 Å². The van der Waals surface area contributed by atoms with Crippen LogP contribution in [0.2, 0.25) is 5.02 Å². The van der Waals surface area contributed by atoms with Gasteiger partial charge in [0.25, 0.3) is 0 Å². The van der Waals surface area contributed by atoms with Crippen molar-refractivity contribution in [3.8, 4) is 0 Å². The van der Waals surface area contributed by atoms with E-state index in [1.165, 1.54) is 18.4 Å². The number of halogens is 1. The molecule has 2 heterocycles. The maximum absolute atomic E-state index is 14.1. The molecule has 2 aliphatic heterocycles. The van der Waals surface area contributed by atoms with E-state index >= 15 is 0 Å². The minimum atomic E-state index is -0.820. The zero-order valence-electron chi connectivity index (χ0n) is 22.9. The van der Waals surface area contributed by atoms with Crippen LogP contribution in [0, 0.1) is 16.7 Å². The molecule has 0 unspecified atom stereocenters. The molecule has 0 aromatic heterocycles. The van der Waals surface area contributed by atoms with Crippen LogP contribution in [-0.4, -0.2) is 60.9 Å². The van der Waals surface area contributed by atoms with Crippen LogP contribution in [0.1, 0.15) is 72.1 Å². The highest BCUT2D eigenvalue weighted by Gasteiger charge is 2.56. The fraction of sp³-hybridized carbons (Fsp3) is 0.655. The molecule has 2 saturated heterocycles. The summed E-state index contributed by atoms with van der Waals surface area (Å²) < 4.78 is 5.08. The minimum Gasteiger partial charge on any atom is -0.467 e. The molecular formula is C29H40ClN3O5. The highest BCUT2D eigenvalue weighted by molar-refractivity contribution is 6.31. The van der Waals surface area contributed by atoms with Crippen molar-refractivity contribution in [1.82, 2.24) is 10.2 Å². The number of carbonyl (C=O) groups excluding carboxylic acids is 4. The Bertz CT molecular complexity index is 1080. The summed E-state index contributed by atoms with van der Waals surface area (Å²) in [4.78, 5) is 56.3. The number of esters is 1. The van der Waals surface area contributed by atoms with E-state index in [1.807, 2.05) is 26.8 Å². The molecule has 208 valence electrons.